The number of carbonyl (C=O) groups is 1. The number of hydrogen-bond donors (Lipinski definition) is 0. The molecule has 0 unspecified atom stereocenters. The molecule has 4 rings (SSSR count). The molecule has 7 nitrogen and oxygen atoms in total. The number of carbonyl (C=O) groups excluding carboxylic acids is 1. The van der Waals surface area contributed by atoms with Gasteiger partial charge >= 0.3 is 0 Å². The number of hydrogen-bond acceptors (Lipinski definition) is 5. The van der Waals surface area contributed by atoms with Gasteiger partial charge in [-0.2, -0.15) is 0 Å². The van der Waals surface area contributed by atoms with Crippen molar-refractivity contribution < 1.29 is 13.9 Å². The Labute approximate surface area is 155 Å². The van der Waals surface area contributed by atoms with Crippen molar-refractivity contribution in [1.82, 2.24) is 25.1 Å². The summed E-state index contributed by atoms with van der Waals surface area (Å²) in [5, 5.41) is 12.5. The quantitative estimate of drug-likeness (QED) is 0.705. The molecule has 3 aromatic rings. The van der Waals surface area contributed by atoms with E-state index in [4.69, 9.17) is 4.74 Å². The lowest BCUT2D eigenvalue weighted by Crippen LogP contribution is -2.45. The van der Waals surface area contributed by atoms with Crippen LogP contribution in [0.15, 0.2) is 54.6 Å². The molecular formula is C19H18FN5O2. The topological polar surface area (TPSA) is 73.1 Å². The number of benzene rings is 2. The second kappa shape index (κ2) is 7.63. The molecule has 1 aromatic heterocycles. The molecule has 1 fully saturated rings. The summed E-state index contributed by atoms with van der Waals surface area (Å²) in [7, 11) is 0. The summed E-state index contributed by atoms with van der Waals surface area (Å²) in [6, 6.07) is 14.5. The molecule has 0 aliphatic carbocycles. The van der Waals surface area contributed by atoms with Gasteiger partial charge in [-0.15, -0.1) is 15.0 Å². The number of amides is 1. The van der Waals surface area contributed by atoms with E-state index in [0.29, 0.717) is 31.9 Å². The Hall–Kier alpha value is -3.13. The maximum absolute atomic E-state index is 13.5. The number of ether oxygens (including phenoxy) is 1. The van der Waals surface area contributed by atoms with E-state index in [9.17, 15) is 9.18 Å². The predicted molar refractivity (Wildman–Crippen MR) is 95.2 cm³/mol. The van der Waals surface area contributed by atoms with Crippen molar-refractivity contribution in [3.05, 3.63) is 66.0 Å². The van der Waals surface area contributed by atoms with E-state index < -0.39 is 6.04 Å². The Morgan fingerprint density at radius 2 is 1.85 bits per heavy atom. The van der Waals surface area contributed by atoms with Crippen LogP contribution in [0.2, 0.25) is 0 Å². The number of aromatic nitrogens is 4. The van der Waals surface area contributed by atoms with E-state index in [1.54, 1.807) is 17.0 Å². The van der Waals surface area contributed by atoms with Crippen molar-refractivity contribution in [2.24, 2.45) is 0 Å². The van der Waals surface area contributed by atoms with E-state index in [1.165, 1.54) is 16.9 Å². The molecule has 1 atom stereocenters. The molecular weight excluding hydrogens is 349 g/mol. The lowest BCUT2D eigenvalue weighted by molar-refractivity contribution is -0.138. The molecule has 1 aliphatic heterocycles. The number of morpholine rings is 1. The van der Waals surface area contributed by atoms with Crippen molar-refractivity contribution in [1.29, 1.82) is 0 Å². The molecule has 0 bridgehead atoms. The van der Waals surface area contributed by atoms with Gasteiger partial charge in [0, 0.05) is 18.7 Å². The molecule has 0 N–H and O–H groups in total. The third kappa shape index (κ3) is 3.70. The van der Waals surface area contributed by atoms with Gasteiger partial charge in [-0.05, 0) is 22.9 Å². The summed E-state index contributed by atoms with van der Waals surface area (Å²) in [6.07, 6.45) is 0. The minimum Gasteiger partial charge on any atom is -0.378 e. The van der Waals surface area contributed by atoms with Gasteiger partial charge < -0.3 is 9.64 Å². The van der Waals surface area contributed by atoms with E-state index >= 15 is 0 Å². The first-order chi connectivity index (χ1) is 13.2. The second-order valence-corrected chi connectivity index (χ2v) is 6.19. The Balaban J connectivity index is 1.70. The Bertz CT molecular complexity index is 925. The zero-order chi connectivity index (χ0) is 18.6. The molecule has 0 saturated carbocycles. The second-order valence-electron chi connectivity index (χ2n) is 6.19. The first kappa shape index (κ1) is 17.3. The van der Waals surface area contributed by atoms with Crippen LogP contribution in [0.3, 0.4) is 0 Å². The zero-order valence-corrected chi connectivity index (χ0v) is 14.5. The summed E-state index contributed by atoms with van der Waals surface area (Å²) < 4.78 is 18.8. The van der Waals surface area contributed by atoms with Gasteiger partial charge in [0.1, 0.15) is 5.82 Å². The van der Waals surface area contributed by atoms with Gasteiger partial charge in [-0.1, -0.05) is 42.5 Å². The minimum absolute atomic E-state index is 0.118. The van der Waals surface area contributed by atoms with Gasteiger partial charge in [0.15, 0.2) is 6.04 Å². The summed E-state index contributed by atoms with van der Waals surface area (Å²) in [5.41, 5.74) is 1.27. The van der Waals surface area contributed by atoms with E-state index in [0.717, 1.165) is 5.56 Å². The first-order valence-electron chi connectivity index (χ1n) is 8.69. The lowest BCUT2D eigenvalue weighted by atomic mass is 10.1. The van der Waals surface area contributed by atoms with E-state index in [1.807, 2.05) is 30.3 Å². The third-order valence-corrected chi connectivity index (χ3v) is 4.41. The predicted octanol–water partition coefficient (Wildman–Crippen LogP) is 1.93. The highest BCUT2D eigenvalue weighted by Gasteiger charge is 2.31. The SMILES string of the molecule is O=C([C@@H](c1ccccc1)n1nnc(-c2cccc(F)c2)n1)N1CCOCC1. The highest BCUT2D eigenvalue weighted by molar-refractivity contribution is 5.83. The summed E-state index contributed by atoms with van der Waals surface area (Å²) in [6.45, 7) is 2.06. The van der Waals surface area contributed by atoms with E-state index in [2.05, 4.69) is 15.4 Å². The highest BCUT2D eigenvalue weighted by Crippen LogP contribution is 2.22. The Morgan fingerprint density at radius 3 is 2.59 bits per heavy atom. The summed E-state index contributed by atoms with van der Waals surface area (Å²) in [4.78, 5) is 16.2. The fourth-order valence-electron chi connectivity index (χ4n) is 3.04. The number of halogens is 1. The fraction of sp³-hybridized carbons (Fsp3) is 0.263. The molecule has 138 valence electrons. The molecule has 2 aromatic carbocycles. The zero-order valence-electron chi connectivity index (χ0n) is 14.5. The average molecular weight is 367 g/mol. The van der Waals surface area contributed by atoms with E-state index in [-0.39, 0.29) is 17.5 Å². The summed E-state index contributed by atoms with van der Waals surface area (Å²) in [5.74, 6) is -0.231. The number of nitrogens with zero attached hydrogens (tertiary/aromatic N) is 5. The molecule has 1 amide bonds. The van der Waals surface area contributed by atoms with Crippen LogP contribution >= 0.6 is 0 Å². The van der Waals surface area contributed by atoms with Crippen LogP contribution in [0.25, 0.3) is 11.4 Å². The van der Waals surface area contributed by atoms with Crippen molar-refractivity contribution in [3.63, 3.8) is 0 Å². The average Bonchev–Trinajstić information content (AvgIpc) is 3.19. The van der Waals surface area contributed by atoms with Crippen molar-refractivity contribution in [2.45, 2.75) is 6.04 Å². The van der Waals surface area contributed by atoms with Crippen LogP contribution in [-0.2, 0) is 9.53 Å². The molecule has 8 heteroatoms. The molecule has 1 aliphatic rings. The smallest absolute Gasteiger partial charge is 0.254 e. The molecule has 0 radical (unpaired) electrons. The fourth-order valence-corrected chi connectivity index (χ4v) is 3.04. The van der Waals surface area contributed by atoms with Crippen LogP contribution in [-0.4, -0.2) is 57.3 Å². The molecule has 0 spiro atoms. The Morgan fingerprint density at radius 1 is 1.07 bits per heavy atom. The van der Waals surface area contributed by atoms with Crippen LogP contribution in [0.5, 0.6) is 0 Å². The lowest BCUT2D eigenvalue weighted by Gasteiger charge is -2.30. The van der Waals surface area contributed by atoms with Crippen molar-refractivity contribution >= 4 is 5.91 Å². The number of tetrazole rings is 1. The van der Waals surface area contributed by atoms with Gasteiger partial charge in [0.2, 0.25) is 5.82 Å². The van der Waals surface area contributed by atoms with Crippen molar-refractivity contribution in [2.75, 3.05) is 26.3 Å². The molecule has 27 heavy (non-hydrogen) atoms. The maximum atomic E-state index is 13.5. The highest BCUT2D eigenvalue weighted by atomic mass is 19.1. The van der Waals surface area contributed by atoms with Gasteiger partial charge in [-0.3, -0.25) is 4.79 Å². The van der Waals surface area contributed by atoms with Gasteiger partial charge in [-0.25, -0.2) is 4.39 Å². The van der Waals surface area contributed by atoms with Crippen LogP contribution in [0.4, 0.5) is 4.39 Å². The number of rotatable bonds is 4. The van der Waals surface area contributed by atoms with Crippen LogP contribution in [0.1, 0.15) is 11.6 Å². The molecule has 2 heterocycles. The largest absolute Gasteiger partial charge is 0.378 e. The third-order valence-electron chi connectivity index (χ3n) is 4.41. The summed E-state index contributed by atoms with van der Waals surface area (Å²) >= 11 is 0. The monoisotopic (exact) mass is 367 g/mol. The maximum Gasteiger partial charge on any atom is 0.254 e. The molecule has 1 saturated heterocycles. The van der Waals surface area contributed by atoms with Crippen LogP contribution < -0.4 is 0 Å². The Kier molecular flexibility index (Phi) is 4.88. The minimum atomic E-state index is -0.737. The normalized spacial score (nSPS) is 15.5. The first-order valence-corrected chi connectivity index (χ1v) is 8.69. The van der Waals surface area contributed by atoms with Gasteiger partial charge in [0.05, 0.1) is 13.2 Å². The van der Waals surface area contributed by atoms with Gasteiger partial charge in [0.25, 0.3) is 5.91 Å². The van der Waals surface area contributed by atoms with Crippen molar-refractivity contribution in [3.8, 4) is 11.4 Å². The standard InChI is InChI=1S/C19H18FN5O2/c20-16-8-4-7-15(13-16)18-21-23-25(22-18)17(14-5-2-1-3-6-14)19(26)24-9-11-27-12-10-24/h1-8,13,17H,9-12H2/t17-/m1/s1. The van der Waals surface area contributed by atoms with Crippen LogP contribution in [0, 0.1) is 5.82 Å².